The molecule has 0 rings (SSSR count). The highest BCUT2D eigenvalue weighted by Gasteiger charge is 1.78. The van der Waals surface area contributed by atoms with Crippen LogP contribution in [0.1, 0.15) is 13.8 Å². The van der Waals surface area contributed by atoms with Gasteiger partial charge in [-0.25, -0.2) is 0 Å². The van der Waals surface area contributed by atoms with Gasteiger partial charge in [0, 0.05) is 0 Å². The first-order valence-corrected chi connectivity index (χ1v) is 2.36. The first-order chi connectivity index (χ1) is 3.41. The summed E-state index contributed by atoms with van der Waals surface area (Å²) >= 11 is 0. The Balaban J connectivity index is 2.45. The van der Waals surface area contributed by atoms with E-state index in [2.05, 4.69) is 15.3 Å². The molecule has 0 heterocycles. The van der Waals surface area contributed by atoms with E-state index in [-0.39, 0.29) is 0 Å². The Morgan fingerprint density at radius 1 is 1.14 bits per heavy atom. The molecule has 0 fully saturated rings. The molecule has 0 aliphatic heterocycles. The van der Waals surface area contributed by atoms with Crippen LogP contribution in [0.25, 0.3) is 0 Å². The minimum atomic E-state index is 0.569. The predicted octanol–water partition coefficient (Wildman–Crippen LogP) is 0.494. The lowest BCUT2D eigenvalue weighted by molar-refractivity contribution is -0.173. The van der Waals surface area contributed by atoms with Crippen molar-refractivity contribution < 1.29 is 9.68 Å². The van der Waals surface area contributed by atoms with Crippen LogP contribution < -0.4 is 5.64 Å². The second kappa shape index (κ2) is 5.88. The first kappa shape index (κ1) is 6.88. The van der Waals surface area contributed by atoms with Gasteiger partial charge in [-0.1, -0.05) is 0 Å². The SMILES string of the molecule is CCO[N]OCC. The van der Waals surface area contributed by atoms with Crippen molar-refractivity contribution in [2.75, 3.05) is 13.2 Å². The van der Waals surface area contributed by atoms with Gasteiger partial charge in [0.25, 0.3) is 0 Å². The molecule has 0 unspecified atom stereocenters. The van der Waals surface area contributed by atoms with Gasteiger partial charge in [0.05, 0.1) is 18.9 Å². The van der Waals surface area contributed by atoms with E-state index in [1.807, 2.05) is 13.8 Å². The molecule has 3 nitrogen and oxygen atoms in total. The highest BCUT2D eigenvalue weighted by Crippen LogP contribution is 1.68. The van der Waals surface area contributed by atoms with Gasteiger partial charge in [0.15, 0.2) is 0 Å². The van der Waals surface area contributed by atoms with E-state index >= 15 is 0 Å². The molecule has 0 saturated carbocycles. The zero-order valence-corrected chi connectivity index (χ0v) is 4.68. The van der Waals surface area contributed by atoms with E-state index in [0.717, 1.165) is 0 Å². The molecule has 0 saturated heterocycles. The maximum Gasteiger partial charge on any atom is 0.0700 e. The molecular formula is C4H10NO2. The summed E-state index contributed by atoms with van der Waals surface area (Å²) in [5.41, 5.74) is 3.21. The third-order valence-corrected chi connectivity index (χ3v) is 0.364. The maximum absolute atomic E-state index is 4.48. The van der Waals surface area contributed by atoms with Crippen molar-refractivity contribution in [1.29, 1.82) is 0 Å². The van der Waals surface area contributed by atoms with Gasteiger partial charge in [-0.15, -0.1) is 0 Å². The summed E-state index contributed by atoms with van der Waals surface area (Å²) in [7, 11) is 0. The van der Waals surface area contributed by atoms with Crippen molar-refractivity contribution in [3.63, 3.8) is 0 Å². The molecule has 0 atom stereocenters. The molecule has 0 aromatic heterocycles. The molecule has 0 aliphatic rings. The van der Waals surface area contributed by atoms with Gasteiger partial charge in [0.2, 0.25) is 0 Å². The van der Waals surface area contributed by atoms with E-state index in [0.29, 0.717) is 13.2 Å². The summed E-state index contributed by atoms with van der Waals surface area (Å²) in [6, 6.07) is 0. The first-order valence-electron chi connectivity index (χ1n) is 2.36. The number of nitrogens with zero attached hydrogens (tertiary/aromatic N) is 1. The number of hydrogen-bond acceptors (Lipinski definition) is 2. The van der Waals surface area contributed by atoms with E-state index in [1.165, 1.54) is 0 Å². The van der Waals surface area contributed by atoms with Gasteiger partial charge < -0.3 is 0 Å². The Morgan fingerprint density at radius 3 is 1.86 bits per heavy atom. The Morgan fingerprint density at radius 2 is 1.57 bits per heavy atom. The molecule has 1 radical (unpaired) electrons. The van der Waals surface area contributed by atoms with Gasteiger partial charge in [-0.3, -0.25) is 9.68 Å². The lowest BCUT2D eigenvalue weighted by atomic mass is 10.9. The van der Waals surface area contributed by atoms with Crippen molar-refractivity contribution in [2.45, 2.75) is 13.8 Å². The predicted molar refractivity (Wildman–Crippen MR) is 25.4 cm³/mol. The van der Waals surface area contributed by atoms with Crippen LogP contribution in [0.5, 0.6) is 0 Å². The van der Waals surface area contributed by atoms with Crippen molar-refractivity contribution in [3.05, 3.63) is 0 Å². The highest BCUT2D eigenvalue weighted by atomic mass is 16.9. The van der Waals surface area contributed by atoms with E-state index < -0.39 is 0 Å². The zero-order valence-electron chi connectivity index (χ0n) is 4.68. The van der Waals surface area contributed by atoms with E-state index in [4.69, 9.17) is 0 Å². The highest BCUT2D eigenvalue weighted by molar-refractivity contribution is 3.99. The Labute approximate surface area is 43.5 Å². The summed E-state index contributed by atoms with van der Waals surface area (Å²) in [4.78, 5) is 8.95. The Hall–Kier alpha value is -0.120. The monoisotopic (exact) mass is 104 g/mol. The van der Waals surface area contributed by atoms with Gasteiger partial charge in [0.1, 0.15) is 0 Å². The molecule has 0 bridgehead atoms. The van der Waals surface area contributed by atoms with Crippen LogP contribution in [0.4, 0.5) is 0 Å². The molecule has 3 heteroatoms. The van der Waals surface area contributed by atoms with Crippen LogP contribution in [-0.4, -0.2) is 13.2 Å². The minimum absolute atomic E-state index is 0.569. The van der Waals surface area contributed by atoms with Gasteiger partial charge in [-0.05, 0) is 13.8 Å². The lowest BCUT2D eigenvalue weighted by Gasteiger charge is -1.93. The van der Waals surface area contributed by atoms with Crippen LogP contribution in [0, 0.1) is 0 Å². The third kappa shape index (κ3) is 5.88. The van der Waals surface area contributed by atoms with Crippen molar-refractivity contribution in [2.24, 2.45) is 0 Å². The summed E-state index contributed by atoms with van der Waals surface area (Å²) in [6.45, 7) is 4.84. The average molecular weight is 104 g/mol. The van der Waals surface area contributed by atoms with E-state index in [1.54, 1.807) is 0 Å². The quantitative estimate of drug-likeness (QED) is 0.384. The fourth-order valence-corrected chi connectivity index (χ4v) is 0.143. The Kier molecular flexibility index (Phi) is 5.78. The second-order valence-electron chi connectivity index (χ2n) is 0.910. The number of hydrogen-bond donors (Lipinski definition) is 0. The number of rotatable bonds is 4. The van der Waals surface area contributed by atoms with Crippen LogP contribution in [-0.2, 0) is 9.68 Å². The summed E-state index contributed by atoms with van der Waals surface area (Å²) < 4.78 is 0. The van der Waals surface area contributed by atoms with Crippen LogP contribution in [0.2, 0.25) is 0 Å². The van der Waals surface area contributed by atoms with Crippen LogP contribution >= 0.6 is 0 Å². The molecule has 0 spiro atoms. The largest absolute Gasteiger partial charge is 0.257 e. The fourth-order valence-electron chi connectivity index (χ4n) is 0.143. The van der Waals surface area contributed by atoms with Crippen molar-refractivity contribution >= 4 is 0 Å². The minimum Gasteiger partial charge on any atom is -0.257 e. The average Bonchev–Trinajstić information content (AvgIpc) is 1.69. The smallest absolute Gasteiger partial charge is 0.0700 e. The molecule has 0 N–H and O–H groups in total. The Bertz CT molecular complexity index is 28.9. The van der Waals surface area contributed by atoms with Crippen LogP contribution in [0.15, 0.2) is 0 Å². The van der Waals surface area contributed by atoms with Crippen molar-refractivity contribution in [3.8, 4) is 0 Å². The van der Waals surface area contributed by atoms with Crippen LogP contribution in [0.3, 0.4) is 0 Å². The normalized spacial score (nSPS) is 9.43. The fraction of sp³-hybridized carbons (Fsp3) is 1.00. The summed E-state index contributed by atoms with van der Waals surface area (Å²) in [6.07, 6.45) is 0. The second-order valence-corrected chi connectivity index (χ2v) is 0.910. The molecule has 0 aromatic carbocycles. The molecule has 0 amide bonds. The van der Waals surface area contributed by atoms with E-state index in [9.17, 15) is 0 Å². The topological polar surface area (TPSA) is 32.6 Å². The summed E-state index contributed by atoms with van der Waals surface area (Å²) in [5, 5.41) is 0. The van der Waals surface area contributed by atoms with Crippen molar-refractivity contribution in [1.82, 2.24) is 5.64 Å². The molecular weight excluding hydrogens is 94.0 g/mol. The molecule has 43 valence electrons. The zero-order chi connectivity index (χ0) is 5.54. The molecule has 7 heavy (non-hydrogen) atoms. The van der Waals surface area contributed by atoms with Gasteiger partial charge in [-0.2, -0.15) is 0 Å². The standard InChI is InChI=1S/C4H10NO2/c1-3-6-5-7-4-2/h3-4H2,1-2H3. The van der Waals surface area contributed by atoms with Gasteiger partial charge >= 0.3 is 0 Å². The molecule has 0 aromatic rings. The lowest BCUT2D eigenvalue weighted by Crippen LogP contribution is -2.05. The molecule has 0 aliphatic carbocycles. The summed E-state index contributed by atoms with van der Waals surface area (Å²) in [5.74, 6) is 0. The third-order valence-electron chi connectivity index (χ3n) is 0.364. The maximum atomic E-state index is 4.48.